The molecule has 25 heavy (non-hydrogen) atoms. The van der Waals surface area contributed by atoms with Crippen molar-refractivity contribution >= 4 is 17.2 Å². The van der Waals surface area contributed by atoms with Crippen LogP contribution in [0.1, 0.15) is 29.2 Å². The van der Waals surface area contributed by atoms with Crippen LogP contribution in [0.5, 0.6) is 0 Å². The van der Waals surface area contributed by atoms with Crippen LogP contribution in [0, 0.1) is 6.92 Å². The molecule has 2 heterocycles. The standard InChI is InChI=1S/C19H25N3O2S/c1-13-11-22(12-14(2)24-13)10-9-20-18(23)17-15(3)21-19(25-17)16-7-5-4-6-8-16/h4-8,13-14H,9-12H2,1-3H3,(H,20,23). The Kier molecular flexibility index (Phi) is 5.83. The highest BCUT2D eigenvalue weighted by Crippen LogP contribution is 2.27. The molecule has 2 atom stereocenters. The van der Waals surface area contributed by atoms with Gasteiger partial charge >= 0.3 is 0 Å². The first kappa shape index (κ1) is 18.0. The number of amides is 1. The van der Waals surface area contributed by atoms with Gasteiger partial charge in [-0.15, -0.1) is 11.3 Å². The molecule has 0 saturated carbocycles. The molecule has 1 aromatic heterocycles. The van der Waals surface area contributed by atoms with Crippen LogP contribution in [-0.2, 0) is 4.74 Å². The molecule has 134 valence electrons. The monoisotopic (exact) mass is 359 g/mol. The molecule has 2 unspecified atom stereocenters. The van der Waals surface area contributed by atoms with Gasteiger partial charge in [-0.2, -0.15) is 0 Å². The van der Waals surface area contributed by atoms with Gasteiger partial charge in [0.2, 0.25) is 0 Å². The number of hydrogen-bond donors (Lipinski definition) is 1. The average molecular weight is 359 g/mol. The number of rotatable bonds is 5. The Bertz CT molecular complexity index is 707. The largest absolute Gasteiger partial charge is 0.373 e. The molecule has 5 nitrogen and oxygen atoms in total. The van der Waals surface area contributed by atoms with E-state index in [1.54, 1.807) is 0 Å². The second-order valence-electron chi connectivity index (χ2n) is 6.57. The maximum absolute atomic E-state index is 12.5. The van der Waals surface area contributed by atoms with Gasteiger partial charge in [-0.1, -0.05) is 30.3 Å². The highest BCUT2D eigenvalue weighted by molar-refractivity contribution is 7.17. The summed E-state index contributed by atoms with van der Waals surface area (Å²) in [4.78, 5) is 20.1. The van der Waals surface area contributed by atoms with E-state index in [4.69, 9.17) is 4.74 Å². The van der Waals surface area contributed by atoms with Crippen molar-refractivity contribution in [3.05, 3.63) is 40.9 Å². The zero-order chi connectivity index (χ0) is 17.8. The lowest BCUT2D eigenvalue weighted by Gasteiger charge is -2.35. The number of ether oxygens (including phenoxy) is 1. The summed E-state index contributed by atoms with van der Waals surface area (Å²) in [5, 5.41) is 3.92. The summed E-state index contributed by atoms with van der Waals surface area (Å²) in [5.74, 6) is -0.0356. The third-order valence-electron chi connectivity index (χ3n) is 4.23. The number of carbonyl (C=O) groups is 1. The highest BCUT2D eigenvalue weighted by atomic mass is 32.1. The third-order valence-corrected chi connectivity index (χ3v) is 5.44. The number of nitrogens with one attached hydrogen (secondary N) is 1. The fraction of sp³-hybridized carbons (Fsp3) is 0.474. The summed E-state index contributed by atoms with van der Waals surface area (Å²) >= 11 is 1.45. The molecule has 1 aliphatic rings. The Balaban J connectivity index is 1.56. The van der Waals surface area contributed by atoms with Crippen molar-refractivity contribution in [3.63, 3.8) is 0 Å². The number of carbonyl (C=O) groups excluding carboxylic acids is 1. The first-order valence-corrected chi connectivity index (χ1v) is 9.53. The van der Waals surface area contributed by atoms with Crippen LogP contribution in [0.25, 0.3) is 10.6 Å². The van der Waals surface area contributed by atoms with E-state index in [0.29, 0.717) is 11.4 Å². The van der Waals surface area contributed by atoms with E-state index in [0.717, 1.165) is 35.9 Å². The zero-order valence-electron chi connectivity index (χ0n) is 15.0. The lowest BCUT2D eigenvalue weighted by Crippen LogP contribution is -2.47. The SMILES string of the molecule is Cc1nc(-c2ccccc2)sc1C(=O)NCCN1CC(C)OC(C)C1. The maximum atomic E-state index is 12.5. The molecule has 0 bridgehead atoms. The summed E-state index contributed by atoms with van der Waals surface area (Å²) < 4.78 is 5.74. The Morgan fingerprint density at radius 2 is 1.96 bits per heavy atom. The van der Waals surface area contributed by atoms with E-state index in [2.05, 4.69) is 29.0 Å². The van der Waals surface area contributed by atoms with Crippen LogP contribution in [0.15, 0.2) is 30.3 Å². The van der Waals surface area contributed by atoms with E-state index >= 15 is 0 Å². The van der Waals surface area contributed by atoms with E-state index in [1.165, 1.54) is 11.3 Å². The van der Waals surface area contributed by atoms with Gasteiger partial charge in [-0.25, -0.2) is 4.98 Å². The van der Waals surface area contributed by atoms with Gasteiger partial charge in [0.25, 0.3) is 5.91 Å². The molecule has 3 rings (SSSR count). The van der Waals surface area contributed by atoms with Gasteiger partial charge in [0.1, 0.15) is 9.88 Å². The lowest BCUT2D eigenvalue weighted by molar-refractivity contribution is -0.0672. The minimum Gasteiger partial charge on any atom is -0.373 e. The van der Waals surface area contributed by atoms with Crippen LogP contribution in [0.2, 0.25) is 0 Å². The maximum Gasteiger partial charge on any atom is 0.263 e. The molecule has 1 aromatic carbocycles. The fourth-order valence-corrected chi connectivity index (χ4v) is 4.17. The van der Waals surface area contributed by atoms with Crippen LogP contribution < -0.4 is 5.32 Å². The van der Waals surface area contributed by atoms with Gasteiger partial charge in [-0.05, 0) is 20.8 Å². The molecule has 1 aliphatic heterocycles. The predicted octanol–water partition coefficient (Wildman–Crippen LogP) is 2.96. The molecule has 1 fully saturated rings. The molecule has 0 aliphatic carbocycles. The number of aryl methyl sites for hydroxylation is 1. The first-order chi connectivity index (χ1) is 12.0. The summed E-state index contributed by atoms with van der Waals surface area (Å²) in [6.45, 7) is 9.38. The average Bonchev–Trinajstić information content (AvgIpc) is 2.97. The molecular weight excluding hydrogens is 334 g/mol. The van der Waals surface area contributed by atoms with E-state index in [-0.39, 0.29) is 18.1 Å². The highest BCUT2D eigenvalue weighted by Gasteiger charge is 2.22. The molecule has 1 amide bonds. The first-order valence-electron chi connectivity index (χ1n) is 8.72. The minimum atomic E-state index is -0.0356. The zero-order valence-corrected chi connectivity index (χ0v) is 15.8. The summed E-state index contributed by atoms with van der Waals surface area (Å²) in [5.41, 5.74) is 1.83. The fourth-order valence-electron chi connectivity index (χ4n) is 3.19. The van der Waals surface area contributed by atoms with Crippen molar-refractivity contribution in [2.75, 3.05) is 26.2 Å². The van der Waals surface area contributed by atoms with Gasteiger partial charge in [0.15, 0.2) is 0 Å². The van der Waals surface area contributed by atoms with E-state index < -0.39 is 0 Å². The number of nitrogens with zero attached hydrogens (tertiary/aromatic N) is 2. The molecule has 1 saturated heterocycles. The predicted molar refractivity (Wildman–Crippen MR) is 101 cm³/mol. The lowest BCUT2D eigenvalue weighted by atomic mass is 10.2. The van der Waals surface area contributed by atoms with Gasteiger partial charge in [-0.3, -0.25) is 9.69 Å². The van der Waals surface area contributed by atoms with Crippen molar-refractivity contribution in [1.82, 2.24) is 15.2 Å². The van der Waals surface area contributed by atoms with Gasteiger partial charge in [0.05, 0.1) is 17.9 Å². The van der Waals surface area contributed by atoms with Crippen LogP contribution in [0.3, 0.4) is 0 Å². The van der Waals surface area contributed by atoms with Crippen LogP contribution in [0.4, 0.5) is 0 Å². The molecule has 1 N–H and O–H groups in total. The topological polar surface area (TPSA) is 54.5 Å². The van der Waals surface area contributed by atoms with Gasteiger partial charge < -0.3 is 10.1 Å². The molecule has 0 spiro atoms. The molecular formula is C19H25N3O2S. The summed E-state index contributed by atoms with van der Waals surface area (Å²) in [7, 11) is 0. The molecule has 2 aromatic rings. The minimum absolute atomic E-state index is 0.0356. The smallest absolute Gasteiger partial charge is 0.263 e. The van der Waals surface area contributed by atoms with E-state index in [1.807, 2.05) is 37.3 Å². The second kappa shape index (κ2) is 8.08. The van der Waals surface area contributed by atoms with Crippen molar-refractivity contribution in [2.24, 2.45) is 0 Å². The number of hydrogen-bond acceptors (Lipinski definition) is 5. The van der Waals surface area contributed by atoms with Crippen molar-refractivity contribution in [2.45, 2.75) is 33.0 Å². The van der Waals surface area contributed by atoms with Crippen LogP contribution >= 0.6 is 11.3 Å². The van der Waals surface area contributed by atoms with Crippen LogP contribution in [-0.4, -0.2) is 54.2 Å². The van der Waals surface area contributed by atoms with Gasteiger partial charge in [0, 0.05) is 31.7 Å². The Morgan fingerprint density at radius 1 is 1.28 bits per heavy atom. The normalized spacial score (nSPS) is 21.2. The molecule has 0 radical (unpaired) electrons. The van der Waals surface area contributed by atoms with E-state index in [9.17, 15) is 4.79 Å². The number of thiazole rings is 1. The Hall–Kier alpha value is -1.76. The van der Waals surface area contributed by atoms with Crippen molar-refractivity contribution < 1.29 is 9.53 Å². The molecule has 6 heteroatoms. The quantitative estimate of drug-likeness (QED) is 0.892. The number of morpholine rings is 1. The number of aromatic nitrogens is 1. The Morgan fingerprint density at radius 3 is 2.64 bits per heavy atom. The Labute approximate surface area is 153 Å². The number of benzene rings is 1. The van der Waals surface area contributed by atoms with Crippen molar-refractivity contribution in [1.29, 1.82) is 0 Å². The van der Waals surface area contributed by atoms with Crippen molar-refractivity contribution in [3.8, 4) is 10.6 Å². The summed E-state index contributed by atoms with van der Waals surface area (Å²) in [6.07, 6.45) is 0.494. The third kappa shape index (κ3) is 4.66. The summed E-state index contributed by atoms with van der Waals surface area (Å²) in [6, 6.07) is 9.97. The second-order valence-corrected chi connectivity index (χ2v) is 7.57.